The lowest BCUT2D eigenvalue weighted by molar-refractivity contribution is -0.0301. The summed E-state index contributed by atoms with van der Waals surface area (Å²) in [5.41, 5.74) is 5.08. The average molecular weight is 408 g/mol. The maximum absolute atomic E-state index is 12.5. The van der Waals surface area contributed by atoms with Gasteiger partial charge in [-0.2, -0.15) is 0 Å². The van der Waals surface area contributed by atoms with Crippen LogP contribution in [-0.2, 0) is 17.7 Å². The molecule has 0 saturated carbocycles. The fraction of sp³-hybridized carbons (Fsp3) is 0.208. The van der Waals surface area contributed by atoms with E-state index in [1.54, 1.807) is 7.05 Å². The van der Waals surface area contributed by atoms with Crippen LogP contribution in [0.25, 0.3) is 11.1 Å². The maximum atomic E-state index is 12.5. The lowest BCUT2D eigenvalue weighted by Crippen LogP contribution is -2.32. The largest absolute Gasteiger partial charge is 0.453 e. The van der Waals surface area contributed by atoms with E-state index >= 15 is 0 Å². The molecule has 1 heterocycles. The van der Waals surface area contributed by atoms with Crippen LogP contribution in [0.15, 0.2) is 66.7 Å². The van der Waals surface area contributed by atoms with Gasteiger partial charge in [-0.05, 0) is 35.7 Å². The van der Waals surface area contributed by atoms with Crippen LogP contribution in [0, 0.1) is 6.92 Å². The Kier molecular flexibility index (Phi) is 5.45. The highest BCUT2D eigenvalue weighted by molar-refractivity contribution is 6.31. The van der Waals surface area contributed by atoms with E-state index in [2.05, 4.69) is 0 Å². The molecular weight excluding hydrogens is 386 g/mol. The van der Waals surface area contributed by atoms with Crippen molar-refractivity contribution in [1.29, 1.82) is 0 Å². The van der Waals surface area contributed by atoms with Crippen molar-refractivity contribution in [2.75, 3.05) is 7.05 Å². The summed E-state index contributed by atoms with van der Waals surface area (Å²) in [5, 5.41) is 0.638. The quantitative estimate of drug-likeness (QED) is 0.545. The van der Waals surface area contributed by atoms with Crippen LogP contribution in [0.2, 0.25) is 5.02 Å². The Morgan fingerprint density at radius 1 is 1.10 bits per heavy atom. The van der Waals surface area contributed by atoms with Crippen molar-refractivity contribution in [3.8, 4) is 16.9 Å². The zero-order valence-electron chi connectivity index (χ0n) is 16.4. The molecule has 1 aliphatic heterocycles. The highest BCUT2D eigenvalue weighted by Crippen LogP contribution is 2.42. The fourth-order valence-corrected chi connectivity index (χ4v) is 3.80. The molecule has 0 radical (unpaired) electrons. The van der Waals surface area contributed by atoms with Crippen molar-refractivity contribution in [3.05, 3.63) is 88.4 Å². The minimum atomic E-state index is -0.669. The van der Waals surface area contributed by atoms with Crippen LogP contribution >= 0.6 is 11.6 Å². The summed E-state index contributed by atoms with van der Waals surface area (Å²) in [6.07, 6.45) is -0.619. The zero-order valence-corrected chi connectivity index (χ0v) is 17.1. The number of halogens is 1. The zero-order chi connectivity index (χ0) is 20.4. The first-order valence-electron chi connectivity index (χ1n) is 9.52. The summed E-state index contributed by atoms with van der Waals surface area (Å²) in [5.74, 6) is 0.729. The van der Waals surface area contributed by atoms with Gasteiger partial charge >= 0.3 is 6.09 Å². The second kappa shape index (κ2) is 8.18. The van der Waals surface area contributed by atoms with Gasteiger partial charge in [0.1, 0.15) is 5.75 Å². The smallest absolute Gasteiger partial charge is 0.412 e. The van der Waals surface area contributed by atoms with Gasteiger partial charge in [-0.1, -0.05) is 66.2 Å². The van der Waals surface area contributed by atoms with E-state index in [0.717, 1.165) is 33.6 Å². The van der Waals surface area contributed by atoms with Gasteiger partial charge in [0, 0.05) is 29.7 Å². The molecule has 3 aromatic rings. The molecule has 0 aliphatic carbocycles. The molecule has 0 N–H and O–H groups in total. The molecule has 1 atom stereocenters. The third kappa shape index (κ3) is 4.22. The molecule has 5 heteroatoms. The minimum absolute atomic E-state index is 0.421. The van der Waals surface area contributed by atoms with Crippen LogP contribution in [0.3, 0.4) is 0 Å². The monoisotopic (exact) mass is 407 g/mol. The number of carbonyl (C=O) groups excluding carboxylic acids is 1. The highest BCUT2D eigenvalue weighted by atomic mass is 35.5. The number of rotatable bonds is 4. The van der Waals surface area contributed by atoms with Gasteiger partial charge in [-0.25, -0.2) is 4.79 Å². The first-order chi connectivity index (χ1) is 14.0. The van der Waals surface area contributed by atoms with E-state index in [1.807, 2.05) is 73.7 Å². The Morgan fingerprint density at radius 3 is 2.59 bits per heavy atom. The number of aryl methyl sites for hydroxylation is 1. The van der Waals surface area contributed by atoms with Crippen molar-refractivity contribution in [1.82, 2.24) is 4.90 Å². The third-order valence-corrected chi connectivity index (χ3v) is 5.23. The Bertz CT molecular complexity index is 1040. The van der Waals surface area contributed by atoms with Crippen molar-refractivity contribution >= 4 is 17.7 Å². The maximum Gasteiger partial charge on any atom is 0.412 e. The van der Waals surface area contributed by atoms with Crippen molar-refractivity contribution < 1.29 is 14.3 Å². The van der Waals surface area contributed by atoms with E-state index in [-0.39, 0.29) is 0 Å². The molecule has 1 aliphatic rings. The standard InChI is InChI=1S/C24H22ClNO3/c1-16-8-6-7-11-20(16)21-14-19(25)12-18-13-22(28-23(18)21)29-24(27)26(2)15-17-9-4-3-5-10-17/h3-12,14,22H,13,15H2,1-2H3. The number of hydrogen-bond donors (Lipinski definition) is 0. The number of nitrogens with zero attached hydrogens (tertiary/aromatic N) is 1. The summed E-state index contributed by atoms with van der Waals surface area (Å²) in [6, 6.07) is 21.6. The Balaban J connectivity index is 1.50. The molecular formula is C24H22ClNO3. The van der Waals surface area contributed by atoms with E-state index in [1.165, 1.54) is 4.90 Å². The van der Waals surface area contributed by atoms with E-state index in [0.29, 0.717) is 18.0 Å². The van der Waals surface area contributed by atoms with E-state index < -0.39 is 12.4 Å². The number of ether oxygens (including phenoxy) is 2. The summed E-state index contributed by atoms with van der Waals surface area (Å²) in [4.78, 5) is 14.1. The Hall–Kier alpha value is -2.98. The molecule has 148 valence electrons. The van der Waals surface area contributed by atoms with Crippen LogP contribution in [-0.4, -0.2) is 24.3 Å². The number of amides is 1. The molecule has 0 aromatic heterocycles. The van der Waals surface area contributed by atoms with Crippen LogP contribution < -0.4 is 4.74 Å². The number of hydrogen-bond acceptors (Lipinski definition) is 3. The van der Waals surface area contributed by atoms with Gasteiger partial charge in [-0.15, -0.1) is 0 Å². The third-order valence-electron chi connectivity index (χ3n) is 5.01. The predicted molar refractivity (Wildman–Crippen MR) is 114 cm³/mol. The van der Waals surface area contributed by atoms with E-state index in [4.69, 9.17) is 21.1 Å². The Morgan fingerprint density at radius 2 is 1.83 bits per heavy atom. The van der Waals surface area contributed by atoms with Gasteiger partial charge in [-0.3, -0.25) is 0 Å². The van der Waals surface area contributed by atoms with Crippen molar-refractivity contribution in [2.45, 2.75) is 26.2 Å². The lowest BCUT2D eigenvalue weighted by Gasteiger charge is -2.20. The van der Waals surface area contributed by atoms with Crippen LogP contribution in [0.5, 0.6) is 5.75 Å². The normalized spacial score (nSPS) is 14.8. The predicted octanol–water partition coefficient (Wildman–Crippen LogP) is 5.85. The van der Waals surface area contributed by atoms with Gasteiger partial charge in [0.2, 0.25) is 6.29 Å². The molecule has 0 spiro atoms. The molecule has 1 amide bonds. The molecule has 0 bridgehead atoms. The van der Waals surface area contributed by atoms with Crippen LogP contribution in [0.1, 0.15) is 16.7 Å². The molecule has 4 rings (SSSR count). The van der Waals surface area contributed by atoms with Gasteiger partial charge in [0.15, 0.2) is 0 Å². The second-order valence-corrected chi connectivity index (χ2v) is 7.67. The van der Waals surface area contributed by atoms with Crippen molar-refractivity contribution in [2.24, 2.45) is 0 Å². The summed E-state index contributed by atoms with van der Waals surface area (Å²) in [7, 11) is 1.72. The highest BCUT2D eigenvalue weighted by Gasteiger charge is 2.30. The van der Waals surface area contributed by atoms with E-state index in [9.17, 15) is 4.79 Å². The topological polar surface area (TPSA) is 38.8 Å². The molecule has 0 fully saturated rings. The van der Waals surface area contributed by atoms with Gasteiger partial charge in [0.25, 0.3) is 0 Å². The lowest BCUT2D eigenvalue weighted by atomic mass is 9.97. The summed E-state index contributed by atoms with van der Waals surface area (Å²) in [6.45, 7) is 2.52. The number of carbonyl (C=O) groups is 1. The van der Waals surface area contributed by atoms with Gasteiger partial charge in [0.05, 0.1) is 6.42 Å². The molecule has 3 aromatic carbocycles. The molecule has 1 unspecified atom stereocenters. The molecule has 4 nitrogen and oxygen atoms in total. The second-order valence-electron chi connectivity index (χ2n) is 7.23. The average Bonchev–Trinajstić information content (AvgIpc) is 3.10. The summed E-state index contributed by atoms with van der Waals surface area (Å²) < 4.78 is 11.7. The fourth-order valence-electron chi connectivity index (χ4n) is 3.56. The van der Waals surface area contributed by atoms with Gasteiger partial charge < -0.3 is 14.4 Å². The molecule has 29 heavy (non-hydrogen) atoms. The number of benzene rings is 3. The minimum Gasteiger partial charge on any atom is -0.453 e. The number of fused-ring (bicyclic) bond motifs is 1. The SMILES string of the molecule is Cc1ccccc1-c1cc(Cl)cc2c1OC(OC(=O)N(C)Cc1ccccc1)C2. The van der Waals surface area contributed by atoms with Crippen molar-refractivity contribution in [3.63, 3.8) is 0 Å². The van der Waals surface area contributed by atoms with Crippen LogP contribution in [0.4, 0.5) is 4.79 Å². The first-order valence-corrected chi connectivity index (χ1v) is 9.90. The molecule has 0 saturated heterocycles. The first kappa shape index (κ1) is 19.3. The summed E-state index contributed by atoms with van der Waals surface area (Å²) >= 11 is 6.35. The Labute approximate surface area is 175 Å².